The average Bonchev–Trinajstić information content (AvgIpc) is 2.65. The van der Waals surface area contributed by atoms with Crippen LogP contribution in [0.4, 0.5) is 0 Å². The Hall–Kier alpha value is -2.98. The molecule has 1 aromatic carbocycles. The van der Waals surface area contributed by atoms with E-state index in [1.807, 2.05) is 4.83 Å². The minimum Gasteiger partial charge on any atom is -0.496 e. The van der Waals surface area contributed by atoms with E-state index in [9.17, 15) is 18.0 Å². The van der Waals surface area contributed by atoms with Gasteiger partial charge in [0, 0.05) is 24.0 Å². The molecular formula is C16H17N3O6S. The normalized spacial score (nSPS) is 10.9. The van der Waals surface area contributed by atoms with Crippen molar-refractivity contribution >= 4 is 21.7 Å². The highest BCUT2D eigenvalue weighted by atomic mass is 32.2. The lowest BCUT2D eigenvalue weighted by atomic mass is 10.1. The minimum atomic E-state index is -4.22. The first kappa shape index (κ1) is 19.3. The van der Waals surface area contributed by atoms with Gasteiger partial charge in [-0.3, -0.25) is 20.0 Å². The van der Waals surface area contributed by atoms with Crippen molar-refractivity contribution in [1.82, 2.24) is 15.2 Å². The van der Waals surface area contributed by atoms with Crippen LogP contribution < -0.4 is 19.7 Å². The standard InChI is InChI=1S/C16H17N3O6S/c1-10(20)12-8-15(14(25-3)9-13(12)24-2)26(22,23)19-18-16(21)11-4-6-17-7-5-11/h4-9,19H,1-3H3,(H,18,21). The number of nitrogens with zero attached hydrogens (tertiary/aromatic N) is 1. The van der Waals surface area contributed by atoms with Crippen LogP contribution in [0.25, 0.3) is 0 Å². The van der Waals surface area contributed by atoms with Crippen molar-refractivity contribution in [3.05, 3.63) is 47.8 Å². The van der Waals surface area contributed by atoms with Crippen molar-refractivity contribution in [3.63, 3.8) is 0 Å². The average molecular weight is 379 g/mol. The van der Waals surface area contributed by atoms with Crippen molar-refractivity contribution < 1.29 is 27.5 Å². The molecule has 10 heteroatoms. The first-order valence-electron chi connectivity index (χ1n) is 7.29. The number of hydrogen-bond acceptors (Lipinski definition) is 7. The lowest BCUT2D eigenvalue weighted by Crippen LogP contribution is -2.41. The number of pyridine rings is 1. The van der Waals surface area contributed by atoms with Crippen molar-refractivity contribution in [2.75, 3.05) is 14.2 Å². The fraction of sp³-hybridized carbons (Fsp3) is 0.188. The van der Waals surface area contributed by atoms with E-state index in [0.29, 0.717) is 0 Å². The maximum atomic E-state index is 12.6. The van der Waals surface area contributed by atoms with Gasteiger partial charge >= 0.3 is 0 Å². The quantitative estimate of drug-likeness (QED) is 0.542. The molecule has 0 bridgehead atoms. The second-order valence-electron chi connectivity index (χ2n) is 5.06. The molecule has 2 N–H and O–H groups in total. The van der Waals surface area contributed by atoms with E-state index in [4.69, 9.17) is 9.47 Å². The van der Waals surface area contributed by atoms with E-state index >= 15 is 0 Å². The predicted octanol–water partition coefficient (Wildman–Crippen LogP) is 0.925. The molecule has 1 amide bonds. The maximum absolute atomic E-state index is 12.6. The highest BCUT2D eigenvalue weighted by molar-refractivity contribution is 7.89. The Morgan fingerprint density at radius 3 is 2.19 bits per heavy atom. The number of nitrogens with one attached hydrogen (secondary N) is 2. The predicted molar refractivity (Wildman–Crippen MR) is 91.6 cm³/mol. The molecule has 2 aromatic rings. The molecular weight excluding hydrogens is 362 g/mol. The minimum absolute atomic E-state index is 0.0440. The third kappa shape index (κ3) is 4.16. The van der Waals surface area contributed by atoms with Crippen LogP contribution in [0.3, 0.4) is 0 Å². The summed E-state index contributed by atoms with van der Waals surface area (Å²) < 4.78 is 35.3. The maximum Gasteiger partial charge on any atom is 0.266 e. The Kier molecular flexibility index (Phi) is 5.90. The molecule has 0 spiro atoms. The number of ketones is 1. The summed E-state index contributed by atoms with van der Waals surface area (Å²) >= 11 is 0. The zero-order valence-electron chi connectivity index (χ0n) is 14.3. The van der Waals surface area contributed by atoms with E-state index < -0.39 is 15.9 Å². The van der Waals surface area contributed by atoms with Crippen LogP contribution in [-0.2, 0) is 10.0 Å². The number of ether oxygens (including phenoxy) is 2. The van der Waals surface area contributed by atoms with Gasteiger partial charge < -0.3 is 9.47 Å². The largest absolute Gasteiger partial charge is 0.496 e. The number of amides is 1. The van der Waals surface area contributed by atoms with Gasteiger partial charge in [-0.1, -0.05) is 0 Å². The fourth-order valence-corrected chi connectivity index (χ4v) is 3.12. The summed E-state index contributed by atoms with van der Waals surface area (Å²) in [4.78, 5) is 29.1. The number of rotatable bonds is 7. The van der Waals surface area contributed by atoms with Gasteiger partial charge in [0.05, 0.1) is 19.8 Å². The Morgan fingerprint density at radius 1 is 1.04 bits per heavy atom. The summed E-state index contributed by atoms with van der Waals surface area (Å²) in [7, 11) is -1.59. The van der Waals surface area contributed by atoms with E-state index in [-0.39, 0.29) is 33.3 Å². The molecule has 0 aliphatic rings. The zero-order chi connectivity index (χ0) is 19.3. The molecule has 0 aliphatic carbocycles. The second-order valence-corrected chi connectivity index (χ2v) is 6.71. The topological polar surface area (TPSA) is 124 Å². The number of hydrazine groups is 1. The Balaban J connectivity index is 2.34. The molecule has 0 fully saturated rings. The molecule has 0 radical (unpaired) electrons. The third-order valence-corrected chi connectivity index (χ3v) is 4.66. The number of aromatic nitrogens is 1. The summed E-state index contributed by atoms with van der Waals surface area (Å²) in [5.74, 6) is -0.927. The number of hydrogen-bond donors (Lipinski definition) is 2. The first-order valence-corrected chi connectivity index (χ1v) is 8.77. The summed E-state index contributed by atoms with van der Waals surface area (Å²) in [5, 5.41) is 0. The first-order chi connectivity index (χ1) is 12.3. The lowest BCUT2D eigenvalue weighted by Gasteiger charge is -2.15. The number of sulfonamides is 1. The van der Waals surface area contributed by atoms with Crippen molar-refractivity contribution in [1.29, 1.82) is 0 Å². The smallest absolute Gasteiger partial charge is 0.266 e. The van der Waals surface area contributed by atoms with Gasteiger partial charge in [-0.15, -0.1) is 4.83 Å². The van der Waals surface area contributed by atoms with Crippen LogP contribution >= 0.6 is 0 Å². The fourth-order valence-electron chi connectivity index (χ4n) is 2.10. The molecule has 0 saturated heterocycles. The molecule has 0 atom stereocenters. The SMILES string of the molecule is COc1cc(OC)c(S(=O)(=O)NNC(=O)c2ccncc2)cc1C(C)=O. The highest BCUT2D eigenvalue weighted by Gasteiger charge is 2.24. The van der Waals surface area contributed by atoms with Gasteiger partial charge in [0.1, 0.15) is 16.4 Å². The van der Waals surface area contributed by atoms with Gasteiger partial charge in [0.2, 0.25) is 0 Å². The van der Waals surface area contributed by atoms with Crippen molar-refractivity contribution in [2.24, 2.45) is 0 Å². The molecule has 26 heavy (non-hydrogen) atoms. The molecule has 9 nitrogen and oxygen atoms in total. The molecule has 1 aromatic heterocycles. The van der Waals surface area contributed by atoms with Crippen LogP contribution in [0.15, 0.2) is 41.6 Å². The second kappa shape index (κ2) is 7.93. The van der Waals surface area contributed by atoms with Gasteiger partial charge in [0.15, 0.2) is 5.78 Å². The monoisotopic (exact) mass is 379 g/mol. The lowest BCUT2D eigenvalue weighted by molar-refractivity contribution is 0.0944. The van der Waals surface area contributed by atoms with Gasteiger partial charge in [-0.2, -0.15) is 0 Å². The summed E-state index contributed by atoms with van der Waals surface area (Å²) in [5.41, 5.74) is 2.37. The molecule has 0 aliphatic heterocycles. The summed E-state index contributed by atoms with van der Waals surface area (Å²) in [6.45, 7) is 1.28. The third-order valence-electron chi connectivity index (χ3n) is 3.40. The number of benzene rings is 1. The van der Waals surface area contributed by atoms with Crippen molar-refractivity contribution in [3.8, 4) is 11.5 Å². The number of methoxy groups -OCH3 is 2. The van der Waals surface area contributed by atoms with Gasteiger partial charge in [-0.25, -0.2) is 8.42 Å². The zero-order valence-corrected chi connectivity index (χ0v) is 15.1. The Morgan fingerprint density at radius 2 is 1.65 bits per heavy atom. The summed E-state index contributed by atoms with van der Waals surface area (Å²) in [6.07, 6.45) is 2.80. The highest BCUT2D eigenvalue weighted by Crippen LogP contribution is 2.32. The molecule has 0 saturated carbocycles. The molecule has 2 rings (SSSR count). The van der Waals surface area contributed by atoms with E-state index in [2.05, 4.69) is 10.4 Å². The van der Waals surface area contributed by atoms with Crippen molar-refractivity contribution in [2.45, 2.75) is 11.8 Å². The van der Waals surface area contributed by atoms with Crippen LogP contribution in [0.5, 0.6) is 11.5 Å². The van der Waals surface area contributed by atoms with Crippen LogP contribution in [0.2, 0.25) is 0 Å². The van der Waals surface area contributed by atoms with Gasteiger partial charge in [-0.05, 0) is 25.1 Å². The van der Waals surface area contributed by atoms with Crippen LogP contribution in [0, 0.1) is 0 Å². The molecule has 1 heterocycles. The van der Waals surface area contributed by atoms with Crippen LogP contribution in [-0.4, -0.2) is 39.3 Å². The Labute approximate surface area is 150 Å². The molecule has 138 valence electrons. The number of Topliss-reactive ketones (excluding diaryl/α,β-unsaturated/α-hetero) is 1. The van der Waals surface area contributed by atoms with Gasteiger partial charge in [0.25, 0.3) is 15.9 Å². The number of carbonyl (C=O) groups excluding carboxylic acids is 2. The molecule has 0 unspecified atom stereocenters. The van der Waals surface area contributed by atoms with E-state index in [0.717, 1.165) is 6.07 Å². The van der Waals surface area contributed by atoms with E-state index in [1.54, 1.807) is 0 Å². The Bertz CT molecular complexity index is 929. The van der Waals surface area contributed by atoms with E-state index in [1.165, 1.54) is 51.7 Å². The van der Waals surface area contributed by atoms with Crippen LogP contribution in [0.1, 0.15) is 27.6 Å². The summed E-state index contributed by atoms with van der Waals surface area (Å²) in [6, 6.07) is 5.26. The number of carbonyl (C=O) groups is 2.